The first-order valence-corrected chi connectivity index (χ1v) is 4.55. The normalized spacial score (nSPS) is 12.0. The summed E-state index contributed by atoms with van der Waals surface area (Å²) in [5.41, 5.74) is 0. The molecule has 0 radical (unpaired) electrons. The van der Waals surface area contributed by atoms with Crippen LogP contribution in [0.4, 0.5) is 0 Å². The van der Waals surface area contributed by atoms with Gasteiger partial charge in [0.25, 0.3) is 0 Å². The molecule has 0 aromatic rings. The molecule has 0 aliphatic carbocycles. The summed E-state index contributed by atoms with van der Waals surface area (Å²) in [4.78, 5) is 0. The molecule has 0 saturated carbocycles. The molecule has 0 atom stereocenters. The molecule has 0 fully saturated rings. The van der Waals surface area contributed by atoms with E-state index in [4.69, 9.17) is 4.55 Å². The molecule has 0 aromatic carbocycles. The zero-order valence-corrected chi connectivity index (χ0v) is 7.64. The molecule has 0 rings (SSSR count). The van der Waals surface area contributed by atoms with Crippen LogP contribution in [0.2, 0.25) is 0 Å². The highest BCUT2D eigenvalue weighted by atomic mass is 32.2. The van der Waals surface area contributed by atoms with E-state index in [1.54, 1.807) is 19.3 Å². The van der Waals surface area contributed by atoms with Crippen molar-refractivity contribution in [1.29, 1.82) is 0 Å². The summed E-state index contributed by atoms with van der Waals surface area (Å²) in [7, 11) is -0.648. The Morgan fingerprint density at radius 3 is 2.18 bits per heavy atom. The van der Waals surface area contributed by atoms with E-state index in [2.05, 4.69) is 6.04 Å². The first kappa shape index (κ1) is 10.4. The minimum atomic E-state index is -4.14. The van der Waals surface area contributed by atoms with Crippen LogP contribution in [0.25, 0.3) is 0 Å². The van der Waals surface area contributed by atoms with Crippen LogP contribution >= 0.6 is 0 Å². The molecule has 0 bridgehead atoms. The van der Waals surface area contributed by atoms with E-state index in [1.165, 1.54) is 0 Å². The molecule has 0 amide bonds. The summed E-state index contributed by atoms with van der Waals surface area (Å²) < 4.78 is 28.8. The maximum absolute atomic E-state index is 10.2. The Bertz CT molecular complexity index is 281. The minimum absolute atomic E-state index is 0.250. The molecule has 0 spiro atoms. The zero-order chi connectivity index (χ0) is 9.12. The van der Waals surface area contributed by atoms with Gasteiger partial charge in [-0.3, -0.25) is 9.04 Å². The van der Waals surface area contributed by atoms with Crippen molar-refractivity contribution in [2.75, 3.05) is 20.6 Å². The summed E-state index contributed by atoms with van der Waals surface area (Å²) in [5, 5.41) is 1.76. The van der Waals surface area contributed by atoms with Gasteiger partial charge in [0.2, 0.25) is 0 Å². The van der Waals surface area contributed by atoms with E-state index >= 15 is 0 Å². The first-order valence-electron chi connectivity index (χ1n) is 3.11. The molecule has 0 aliphatic heterocycles. The van der Waals surface area contributed by atoms with Crippen molar-refractivity contribution in [1.82, 2.24) is 0 Å². The number of rotatable bonds is 1. The monoisotopic (exact) mass is 178 g/mol. The van der Waals surface area contributed by atoms with Crippen molar-refractivity contribution in [3.8, 4) is 11.3 Å². The fraction of sp³-hybridized carbons (Fsp3) is 0.667. The molecular formula is C6H12NO3S+. The Kier molecular flexibility index (Phi) is 3.05. The molecule has 1 N–H and O–H groups in total. The fourth-order valence-corrected chi connectivity index (χ4v) is 0.623. The Labute approximate surface area is 67.2 Å². The second-order valence-corrected chi connectivity index (χ2v) is 3.84. The van der Waals surface area contributed by atoms with Gasteiger partial charge in [0.05, 0.1) is 20.6 Å². The van der Waals surface area contributed by atoms with Gasteiger partial charge in [-0.05, 0) is 6.92 Å². The lowest BCUT2D eigenvalue weighted by molar-refractivity contribution is -0.820. The maximum Gasteiger partial charge on any atom is 0.340 e. The van der Waals surface area contributed by atoms with Crippen LogP contribution < -0.4 is 0 Å². The van der Waals surface area contributed by atoms with Crippen LogP contribution in [0, 0.1) is 11.3 Å². The van der Waals surface area contributed by atoms with Gasteiger partial charge in [-0.2, -0.15) is 8.42 Å². The third kappa shape index (κ3) is 5.85. The Morgan fingerprint density at radius 2 is 1.91 bits per heavy atom. The molecule has 11 heavy (non-hydrogen) atoms. The van der Waals surface area contributed by atoms with Crippen molar-refractivity contribution < 1.29 is 17.5 Å². The van der Waals surface area contributed by atoms with Gasteiger partial charge >= 0.3 is 10.1 Å². The predicted molar refractivity (Wildman–Crippen MR) is 42.0 cm³/mol. The van der Waals surface area contributed by atoms with Crippen LogP contribution in [0.5, 0.6) is 0 Å². The average Bonchev–Trinajstić information content (AvgIpc) is 1.83. The quantitative estimate of drug-likeness (QED) is 0.346. The SMILES string of the molecule is CC[N+](C)(C)C#CS(=O)(=O)O. The van der Waals surface area contributed by atoms with Crippen LogP contribution in [0.3, 0.4) is 0 Å². The van der Waals surface area contributed by atoms with Crippen LogP contribution in [-0.2, 0) is 10.1 Å². The largest absolute Gasteiger partial charge is 0.340 e. The predicted octanol–water partition coefficient (Wildman–Crippen LogP) is -0.111. The highest BCUT2D eigenvalue weighted by Gasteiger charge is 2.08. The third-order valence-corrected chi connectivity index (χ3v) is 1.62. The summed E-state index contributed by atoms with van der Waals surface area (Å²) >= 11 is 0. The Hall–Kier alpha value is -0.570. The summed E-state index contributed by atoms with van der Waals surface area (Å²) in [5.74, 6) is 0. The molecule has 64 valence electrons. The lowest BCUT2D eigenvalue weighted by Crippen LogP contribution is -2.33. The van der Waals surface area contributed by atoms with Gasteiger partial charge in [0.15, 0.2) is 6.04 Å². The second-order valence-electron chi connectivity index (χ2n) is 2.69. The standard InChI is InChI=1S/C6H11NO3S/c1-4-7(2,3)5-6-11(8,9)10/h4H2,1-3H3/p+1. The smallest absolute Gasteiger partial charge is 0.276 e. The van der Waals surface area contributed by atoms with Gasteiger partial charge in [-0.1, -0.05) is 0 Å². The van der Waals surface area contributed by atoms with Crippen molar-refractivity contribution in [3.05, 3.63) is 0 Å². The zero-order valence-electron chi connectivity index (χ0n) is 6.83. The summed E-state index contributed by atoms with van der Waals surface area (Å²) in [6, 6.07) is 2.40. The third-order valence-electron chi connectivity index (χ3n) is 1.27. The van der Waals surface area contributed by atoms with E-state index in [0.717, 1.165) is 0 Å². The van der Waals surface area contributed by atoms with Gasteiger partial charge in [-0.15, -0.1) is 0 Å². The lowest BCUT2D eigenvalue weighted by Gasteiger charge is -2.17. The topological polar surface area (TPSA) is 54.4 Å². The van der Waals surface area contributed by atoms with Gasteiger partial charge in [0, 0.05) is 0 Å². The van der Waals surface area contributed by atoms with Crippen LogP contribution in [-0.4, -0.2) is 38.1 Å². The molecule has 0 saturated heterocycles. The molecular weight excluding hydrogens is 166 g/mol. The highest BCUT2D eigenvalue weighted by Crippen LogP contribution is 1.91. The Balaban J connectivity index is 4.56. The van der Waals surface area contributed by atoms with Gasteiger partial charge in [0.1, 0.15) is 5.25 Å². The van der Waals surface area contributed by atoms with Crippen molar-refractivity contribution in [3.63, 3.8) is 0 Å². The molecule has 0 aromatic heterocycles. The number of quaternary nitrogens is 1. The second kappa shape index (κ2) is 3.22. The van der Waals surface area contributed by atoms with Crippen molar-refractivity contribution in [2.24, 2.45) is 0 Å². The maximum atomic E-state index is 10.2. The first-order chi connectivity index (χ1) is 4.77. The fourth-order valence-electron chi connectivity index (χ4n) is 0.260. The molecule has 0 unspecified atom stereocenters. The highest BCUT2D eigenvalue weighted by molar-refractivity contribution is 7.90. The number of nitrogens with zero attached hydrogens (tertiary/aromatic N) is 1. The van der Waals surface area contributed by atoms with E-state index in [1.807, 2.05) is 6.92 Å². The van der Waals surface area contributed by atoms with E-state index < -0.39 is 10.1 Å². The van der Waals surface area contributed by atoms with E-state index in [9.17, 15) is 8.42 Å². The number of hydrogen-bond donors (Lipinski definition) is 1. The lowest BCUT2D eigenvalue weighted by atomic mass is 10.5. The van der Waals surface area contributed by atoms with E-state index in [-0.39, 0.29) is 4.48 Å². The summed E-state index contributed by atoms with van der Waals surface area (Å²) in [6.45, 7) is 2.56. The molecule has 0 heterocycles. The van der Waals surface area contributed by atoms with Crippen LogP contribution in [0.15, 0.2) is 0 Å². The van der Waals surface area contributed by atoms with Gasteiger partial charge < -0.3 is 0 Å². The van der Waals surface area contributed by atoms with Crippen LogP contribution in [0.1, 0.15) is 6.92 Å². The minimum Gasteiger partial charge on any atom is -0.276 e. The van der Waals surface area contributed by atoms with Crippen molar-refractivity contribution >= 4 is 10.1 Å². The van der Waals surface area contributed by atoms with Gasteiger partial charge in [-0.25, -0.2) is 0 Å². The molecule has 4 nitrogen and oxygen atoms in total. The molecule has 5 heteroatoms. The van der Waals surface area contributed by atoms with Crippen molar-refractivity contribution in [2.45, 2.75) is 6.92 Å². The Morgan fingerprint density at radius 1 is 1.45 bits per heavy atom. The average molecular weight is 178 g/mol. The number of hydrogen-bond acceptors (Lipinski definition) is 2. The molecule has 0 aliphatic rings. The van der Waals surface area contributed by atoms with E-state index in [0.29, 0.717) is 6.54 Å². The summed E-state index contributed by atoms with van der Waals surface area (Å²) in [6.07, 6.45) is 0.